The quantitative estimate of drug-likeness (QED) is 0.365. The zero-order valence-corrected chi connectivity index (χ0v) is 10.2. The van der Waals surface area contributed by atoms with Crippen molar-refractivity contribution in [3.63, 3.8) is 0 Å². The minimum atomic E-state index is -2.28. The largest absolute Gasteiger partial charge is 0.772 e. The molecule has 0 heterocycles. The number of allylic oxidation sites excluding steroid dienone is 1. The van der Waals surface area contributed by atoms with Crippen LogP contribution in [0.5, 0.6) is 0 Å². The second kappa shape index (κ2) is 9.54. The summed E-state index contributed by atoms with van der Waals surface area (Å²) in [6, 6.07) is 0. The number of hydrogen-bond acceptors (Lipinski definition) is 3. The van der Waals surface area contributed by atoms with Crippen LogP contribution in [-0.4, -0.2) is 25.1 Å². The van der Waals surface area contributed by atoms with Gasteiger partial charge in [0.15, 0.2) is 0 Å². The van der Waals surface area contributed by atoms with Gasteiger partial charge in [0.25, 0.3) is 0 Å². The first-order chi connectivity index (χ1) is 7.57. The fourth-order valence-corrected chi connectivity index (χ4v) is 2.11. The summed E-state index contributed by atoms with van der Waals surface area (Å²) in [5.41, 5.74) is 0. The third-order valence-corrected chi connectivity index (χ3v) is 3.31. The summed E-state index contributed by atoms with van der Waals surface area (Å²) in [6.07, 6.45) is 6.81. The van der Waals surface area contributed by atoms with Gasteiger partial charge in [-0.1, -0.05) is 36.4 Å². The van der Waals surface area contributed by atoms with Crippen molar-refractivity contribution in [1.82, 2.24) is 0 Å². The number of carboxylic acids is 1. The smallest absolute Gasteiger partial charge is 0.304 e. The highest BCUT2D eigenvalue weighted by Gasteiger charge is 2.13. The first-order valence-electron chi connectivity index (χ1n) is 5.48. The van der Waals surface area contributed by atoms with Gasteiger partial charge in [0, 0.05) is 5.25 Å². The maximum atomic E-state index is 10.7. The van der Waals surface area contributed by atoms with E-state index in [2.05, 4.69) is 6.58 Å². The minimum Gasteiger partial charge on any atom is -0.772 e. The molecule has 2 unspecified atom stereocenters. The van der Waals surface area contributed by atoms with Crippen molar-refractivity contribution in [3.05, 3.63) is 12.7 Å². The summed E-state index contributed by atoms with van der Waals surface area (Å²) in [5, 5.41) is 7.78. The fourth-order valence-electron chi connectivity index (χ4n) is 1.48. The summed E-state index contributed by atoms with van der Waals surface area (Å²) >= 11 is -2.28. The maximum absolute atomic E-state index is 10.7. The van der Waals surface area contributed by atoms with Crippen molar-refractivity contribution in [3.8, 4) is 0 Å². The first kappa shape index (κ1) is 15.3. The van der Waals surface area contributed by atoms with E-state index in [4.69, 9.17) is 5.11 Å². The highest BCUT2D eigenvalue weighted by Crippen LogP contribution is 2.13. The lowest BCUT2D eigenvalue weighted by Gasteiger charge is -2.17. The highest BCUT2D eigenvalue weighted by molar-refractivity contribution is 7.79. The van der Waals surface area contributed by atoms with Crippen LogP contribution in [-0.2, 0) is 15.9 Å². The molecule has 0 aromatic heterocycles. The van der Waals surface area contributed by atoms with Gasteiger partial charge in [-0.25, -0.2) is 0 Å². The van der Waals surface area contributed by atoms with Crippen molar-refractivity contribution in [2.75, 3.05) is 0 Å². The van der Waals surface area contributed by atoms with Crippen LogP contribution in [0.25, 0.3) is 0 Å². The lowest BCUT2D eigenvalue weighted by Crippen LogP contribution is -2.19. The lowest BCUT2D eigenvalue weighted by molar-refractivity contribution is -0.137. The van der Waals surface area contributed by atoms with Crippen molar-refractivity contribution in [1.29, 1.82) is 0 Å². The number of carbonyl (C=O) groups is 1. The Morgan fingerprint density at radius 3 is 2.50 bits per heavy atom. The first-order valence-corrected chi connectivity index (χ1v) is 6.62. The molecule has 0 aromatic carbocycles. The summed E-state index contributed by atoms with van der Waals surface area (Å²) in [4.78, 5) is 10.4. The molecule has 0 aliphatic carbocycles. The van der Waals surface area contributed by atoms with Crippen LogP contribution in [0, 0.1) is 0 Å². The number of rotatable bonds is 10. The number of aliphatic carboxylic acids is 1. The molecular weight excluding hydrogens is 228 g/mol. The van der Waals surface area contributed by atoms with Crippen molar-refractivity contribution < 1.29 is 18.7 Å². The Balaban J connectivity index is 3.64. The molecule has 94 valence electrons. The Morgan fingerprint density at radius 2 is 2.00 bits per heavy atom. The van der Waals surface area contributed by atoms with Gasteiger partial charge in [0.05, 0.1) is 6.42 Å². The van der Waals surface area contributed by atoms with Gasteiger partial charge in [-0.05, 0) is 19.3 Å². The van der Waals surface area contributed by atoms with Crippen LogP contribution in [0.2, 0.25) is 0 Å². The molecule has 0 aliphatic heterocycles. The summed E-state index contributed by atoms with van der Waals surface area (Å²) in [6.45, 7) is 3.62. The van der Waals surface area contributed by atoms with Crippen molar-refractivity contribution >= 4 is 17.0 Å². The van der Waals surface area contributed by atoms with Crippen LogP contribution < -0.4 is 0 Å². The van der Waals surface area contributed by atoms with Gasteiger partial charge in [-0.2, -0.15) is 0 Å². The van der Waals surface area contributed by atoms with Crippen LogP contribution >= 0.6 is 0 Å². The number of unbranched alkanes of at least 4 members (excludes halogenated alkanes) is 4. The van der Waals surface area contributed by atoms with Gasteiger partial charge < -0.3 is 9.66 Å². The van der Waals surface area contributed by atoms with E-state index in [1.807, 2.05) is 6.08 Å². The highest BCUT2D eigenvalue weighted by atomic mass is 32.2. The lowest BCUT2D eigenvalue weighted by atomic mass is 10.1. The summed E-state index contributed by atoms with van der Waals surface area (Å²) in [5.74, 6) is -1.05. The molecule has 0 spiro atoms. The standard InChI is InChI=1S/C11H20O4S/c1-2-3-4-5-6-7-8-10(16(14)15)9-11(12)13/h2,10H,1,3-9H2,(H,12,13)(H,14,15)/p-1. The zero-order chi connectivity index (χ0) is 12.4. The molecule has 16 heavy (non-hydrogen) atoms. The molecule has 2 atom stereocenters. The fraction of sp³-hybridized carbons (Fsp3) is 0.727. The van der Waals surface area contributed by atoms with Gasteiger partial charge >= 0.3 is 5.97 Å². The van der Waals surface area contributed by atoms with E-state index in [-0.39, 0.29) is 6.42 Å². The average molecular weight is 247 g/mol. The molecular formula is C11H19O4S-. The molecule has 0 fully saturated rings. The van der Waals surface area contributed by atoms with E-state index in [1.165, 1.54) is 0 Å². The van der Waals surface area contributed by atoms with Crippen molar-refractivity contribution in [2.24, 2.45) is 0 Å². The Labute approximate surface area is 99.0 Å². The second-order valence-corrected chi connectivity index (χ2v) is 4.95. The molecule has 0 saturated heterocycles. The van der Waals surface area contributed by atoms with Gasteiger partial charge in [0.1, 0.15) is 0 Å². The van der Waals surface area contributed by atoms with Crippen LogP contribution in [0.1, 0.15) is 44.9 Å². The Morgan fingerprint density at radius 1 is 1.38 bits per heavy atom. The van der Waals surface area contributed by atoms with E-state index in [9.17, 15) is 13.6 Å². The minimum absolute atomic E-state index is 0.289. The number of hydrogen-bond donors (Lipinski definition) is 1. The Bertz CT molecular complexity index is 240. The summed E-state index contributed by atoms with van der Waals surface area (Å²) in [7, 11) is 0. The van der Waals surface area contributed by atoms with E-state index in [1.54, 1.807) is 0 Å². The van der Waals surface area contributed by atoms with Gasteiger partial charge in [-0.3, -0.25) is 9.00 Å². The van der Waals surface area contributed by atoms with Crippen LogP contribution in [0.3, 0.4) is 0 Å². The molecule has 0 bridgehead atoms. The van der Waals surface area contributed by atoms with Gasteiger partial charge in [0.2, 0.25) is 0 Å². The van der Waals surface area contributed by atoms with E-state index in [0.717, 1.165) is 32.1 Å². The Hall–Kier alpha value is -0.680. The van der Waals surface area contributed by atoms with Crippen LogP contribution in [0.4, 0.5) is 0 Å². The predicted octanol–water partition coefficient (Wildman–Crippen LogP) is 2.24. The van der Waals surface area contributed by atoms with Crippen molar-refractivity contribution in [2.45, 2.75) is 50.2 Å². The predicted molar refractivity (Wildman–Crippen MR) is 62.9 cm³/mol. The number of carboxylic acid groups (broad SMARTS) is 1. The molecule has 0 rings (SSSR count). The molecule has 4 nitrogen and oxygen atoms in total. The summed E-state index contributed by atoms with van der Waals surface area (Å²) < 4.78 is 21.4. The van der Waals surface area contributed by atoms with E-state index >= 15 is 0 Å². The normalized spacial score (nSPS) is 14.3. The SMILES string of the molecule is C=CCCCCCCC(CC(=O)O)S(=O)[O-]. The topological polar surface area (TPSA) is 77.4 Å². The molecule has 0 aromatic rings. The maximum Gasteiger partial charge on any atom is 0.304 e. The third kappa shape index (κ3) is 8.61. The molecule has 0 amide bonds. The second-order valence-electron chi connectivity index (χ2n) is 3.76. The zero-order valence-electron chi connectivity index (χ0n) is 9.39. The van der Waals surface area contributed by atoms with Gasteiger partial charge in [-0.15, -0.1) is 6.58 Å². The third-order valence-electron chi connectivity index (χ3n) is 2.36. The molecule has 0 aliphatic rings. The molecule has 0 saturated carbocycles. The molecule has 1 N–H and O–H groups in total. The molecule has 5 heteroatoms. The monoisotopic (exact) mass is 247 g/mol. The van der Waals surface area contributed by atoms with Crippen LogP contribution in [0.15, 0.2) is 12.7 Å². The van der Waals surface area contributed by atoms with E-state index < -0.39 is 22.3 Å². The molecule has 0 radical (unpaired) electrons. The van der Waals surface area contributed by atoms with E-state index in [0.29, 0.717) is 6.42 Å². The average Bonchev–Trinajstić information content (AvgIpc) is 2.20. The Kier molecular flexibility index (Phi) is 9.13.